The van der Waals surface area contributed by atoms with Crippen molar-refractivity contribution >= 4 is 33.7 Å². The number of aromatic nitrogens is 2. The van der Waals surface area contributed by atoms with Gasteiger partial charge in [-0.05, 0) is 49.7 Å². The fourth-order valence-corrected chi connectivity index (χ4v) is 3.83. The summed E-state index contributed by atoms with van der Waals surface area (Å²) in [6.07, 6.45) is 10.4. The monoisotopic (exact) mass is 530 g/mol. The van der Waals surface area contributed by atoms with Gasteiger partial charge in [-0.1, -0.05) is 77.6 Å². The van der Waals surface area contributed by atoms with Gasteiger partial charge in [-0.15, -0.1) is 0 Å². The first-order valence-corrected chi connectivity index (χ1v) is 12.4. The van der Waals surface area contributed by atoms with Gasteiger partial charge in [0.1, 0.15) is 0 Å². The van der Waals surface area contributed by atoms with E-state index in [1.165, 1.54) is 0 Å². The van der Waals surface area contributed by atoms with Crippen LogP contribution < -0.4 is 10.2 Å². The second kappa shape index (κ2) is 18.9. The Morgan fingerprint density at radius 2 is 0.971 bits per heavy atom. The standard InChI is InChI=1S/C12H8N2.2C8H16O2.Zn/c1-3-9-5-6-10-4-2-8-14-12(10)11(9)13-7-1;2*1-3-5-7(6-4-2)8(9)10;/h1-8H;2*7H,3-6H2,1-2H3,(H,9,10);/q;;;+2/p-2. The molecular formula is C28H38N2O4Zn. The number of carbonyl (C=O) groups is 2. The molecule has 0 aliphatic heterocycles. The Balaban J connectivity index is 0.000000504. The molecule has 0 fully saturated rings. The number of nitrogens with zero attached hydrogens (tertiary/aromatic N) is 2. The summed E-state index contributed by atoms with van der Waals surface area (Å²) < 4.78 is 0. The summed E-state index contributed by atoms with van der Waals surface area (Å²) in [5.74, 6) is -2.20. The number of hydrogen-bond acceptors (Lipinski definition) is 6. The van der Waals surface area contributed by atoms with E-state index in [9.17, 15) is 19.8 Å². The minimum absolute atomic E-state index is 0. The van der Waals surface area contributed by atoms with Crippen LogP contribution in [0.25, 0.3) is 21.8 Å². The first-order valence-electron chi connectivity index (χ1n) is 12.4. The third-order valence-electron chi connectivity index (χ3n) is 5.56. The fourth-order valence-electron chi connectivity index (χ4n) is 3.83. The van der Waals surface area contributed by atoms with Crippen molar-refractivity contribution in [1.29, 1.82) is 0 Å². The van der Waals surface area contributed by atoms with Crippen LogP contribution in [0.3, 0.4) is 0 Å². The molecule has 0 spiro atoms. The Bertz CT molecular complexity index is 920. The molecule has 7 heteroatoms. The summed E-state index contributed by atoms with van der Waals surface area (Å²) >= 11 is 0. The van der Waals surface area contributed by atoms with Crippen LogP contribution >= 0.6 is 0 Å². The van der Waals surface area contributed by atoms with E-state index in [2.05, 4.69) is 34.2 Å². The molecule has 1 aromatic carbocycles. The molecule has 3 rings (SSSR count). The number of carboxylic acid groups (broad SMARTS) is 2. The molecule has 0 radical (unpaired) electrons. The summed E-state index contributed by atoms with van der Waals surface area (Å²) in [4.78, 5) is 29.4. The van der Waals surface area contributed by atoms with Gasteiger partial charge in [0, 0.05) is 35.1 Å². The Hall–Kier alpha value is -2.40. The molecule has 2 aromatic heterocycles. The average Bonchev–Trinajstić information content (AvgIpc) is 2.84. The van der Waals surface area contributed by atoms with Gasteiger partial charge in [0.2, 0.25) is 0 Å². The van der Waals surface area contributed by atoms with E-state index >= 15 is 0 Å². The van der Waals surface area contributed by atoms with Crippen LogP contribution in [-0.4, -0.2) is 21.9 Å². The van der Waals surface area contributed by atoms with Gasteiger partial charge >= 0.3 is 19.5 Å². The maximum Gasteiger partial charge on any atom is 2.00 e. The zero-order chi connectivity index (χ0) is 25.3. The van der Waals surface area contributed by atoms with Crippen LogP contribution in [0.5, 0.6) is 0 Å². The first kappa shape index (κ1) is 32.6. The molecule has 0 atom stereocenters. The van der Waals surface area contributed by atoms with E-state index in [1.54, 1.807) is 12.4 Å². The van der Waals surface area contributed by atoms with E-state index in [4.69, 9.17) is 0 Å². The number of rotatable bonds is 10. The summed E-state index contributed by atoms with van der Waals surface area (Å²) in [5.41, 5.74) is 1.95. The zero-order valence-corrected chi connectivity index (χ0v) is 24.6. The van der Waals surface area contributed by atoms with Gasteiger partial charge in [-0.3, -0.25) is 9.97 Å². The summed E-state index contributed by atoms with van der Waals surface area (Å²) in [6.45, 7) is 7.97. The molecule has 0 saturated heterocycles. The maximum atomic E-state index is 10.4. The van der Waals surface area contributed by atoms with E-state index < -0.39 is 11.9 Å². The van der Waals surface area contributed by atoms with E-state index in [1.807, 2.05) is 39.8 Å². The number of fused-ring (bicyclic) bond motifs is 3. The Kier molecular flexibility index (Phi) is 17.6. The van der Waals surface area contributed by atoms with Crippen molar-refractivity contribution in [2.24, 2.45) is 11.8 Å². The van der Waals surface area contributed by atoms with Crippen LogP contribution in [0.4, 0.5) is 0 Å². The van der Waals surface area contributed by atoms with E-state index in [-0.39, 0.29) is 31.3 Å². The van der Waals surface area contributed by atoms with Crippen molar-refractivity contribution in [3.8, 4) is 0 Å². The van der Waals surface area contributed by atoms with Gasteiger partial charge in [0.25, 0.3) is 0 Å². The van der Waals surface area contributed by atoms with Crippen molar-refractivity contribution < 1.29 is 39.3 Å². The maximum absolute atomic E-state index is 10.4. The third kappa shape index (κ3) is 11.7. The molecule has 186 valence electrons. The number of aliphatic carboxylic acids is 2. The van der Waals surface area contributed by atoms with Crippen LogP contribution in [0.2, 0.25) is 0 Å². The zero-order valence-electron chi connectivity index (χ0n) is 21.7. The minimum atomic E-state index is -0.885. The molecule has 0 aliphatic rings. The van der Waals surface area contributed by atoms with Gasteiger partial charge in [-0.2, -0.15) is 0 Å². The largest absolute Gasteiger partial charge is 2.00 e. The number of pyridine rings is 2. The third-order valence-corrected chi connectivity index (χ3v) is 5.56. The van der Waals surface area contributed by atoms with E-state index in [0.717, 1.165) is 73.2 Å². The van der Waals surface area contributed by atoms with Gasteiger partial charge in [0.05, 0.1) is 11.0 Å². The van der Waals surface area contributed by atoms with Crippen LogP contribution in [-0.2, 0) is 29.1 Å². The quantitative estimate of drug-likeness (QED) is 0.277. The second-order valence-electron chi connectivity index (χ2n) is 8.40. The van der Waals surface area contributed by atoms with Crippen molar-refractivity contribution in [1.82, 2.24) is 9.97 Å². The molecule has 0 saturated carbocycles. The van der Waals surface area contributed by atoms with Crippen molar-refractivity contribution in [3.05, 3.63) is 48.8 Å². The molecule has 0 unspecified atom stereocenters. The predicted molar refractivity (Wildman–Crippen MR) is 134 cm³/mol. The Morgan fingerprint density at radius 1 is 0.657 bits per heavy atom. The number of carbonyl (C=O) groups excluding carboxylic acids is 2. The molecule has 6 nitrogen and oxygen atoms in total. The number of carboxylic acids is 2. The predicted octanol–water partition coefficient (Wildman–Crippen LogP) is 4.69. The average molecular weight is 532 g/mol. The Labute approximate surface area is 222 Å². The topological polar surface area (TPSA) is 106 Å². The molecule has 0 bridgehead atoms. The minimum Gasteiger partial charge on any atom is -0.550 e. The number of benzene rings is 1. The second-order valence-corrected chi connectivity index (χ2v) is 8.40. The van der Waals surface area contributed by atoms with Crippen molar-refractivity contribution in [2.75, 3.05) is 0 Å². The smallest absolute Gasteiger partial charge is 0.550 e. The van der Waals surface area contributed by atoms with Crippen molar-refractivity contribution in [3.63, 3.8) is 0 Å². The van der Waals surface area contributed by atoms with Crippen LogP contribution in [0.1, 0.15) is 79.1 Å². The summed E-state index contributed by atoms with van der Waals surface area (Å²) in [7, 11) is 0. The Morgan fingerprint density at radius 3 is 1.23 bits per heavy atom. The van der Waals surface area contributed by atoms with Crippen LogP contribution in [0, 0.1) is 11.8 Å². The summed E-state index contributed by atoms with van der Waals surface area (Å²) in [5, 5.41) is 23.0. The molecule has 35 heavy (non-hydrogen) atoms. The van der Waals surface area contributed by atoms with Crippen LogP contribution in [0.15, 0.2) is 48.8 Å². The number of hydrogen-bond donors (Lipinski definition) is 0. The van der Waals surface area contributed by atoms with Crippen molar-refractivity contribution in [2.45, 2.75) is 79.1 Å². The fraction of sp³-hybridized carbons (Fsp3) is 0.500. The van der Waals surface area contributed by atoms with Gasteiger partial charge in [0.15, 0.2) is 0 Å². The van der Waals surface area contributed by atoms with Gasteiger partial charge in [-0.25, -0.2) is 0 Å². The van der Waals surface area contributed by atoms with E-state index in [0.29, 0.717) is 0 Å². The molecule has 0 N–H and O–H groups in total. The summed E-state index contributed by atoms with van der Waals surface area (Å²) in [6, 6.07) is 12.1. The molecule has 0 amide bonds. The molecule has 2 heterocycles. The molecule has 0 aliphatic carbocycles. The van der Waals surface area contributed by atoms with Gasteiger partial charge < -0.3 is 19.8 Å². The molecular weight excluding hydrogens is 494 g/mol. The first-order chi connectivity index (χ1) is 16.4. The SMILES string of the molecule is CCCC(CCC)C(=O)[O-].CCCC(CCC)C(=O)[O-].[Zn+2].c1cnc2c(c1)ccc1cccnc12. The normalized spacial score (nSPS) is 10.2. The molecule has 3 aromatic rings.